The number of thiophene rings is 1. The molecule has 0 radical (unpaired) electrons. The van der Waals surface area contributed by atoms with Gasteiger partial charge < -0.3 is 0 Å². The van der Waals surface area contributed by atoms with Gasteiger partial charge in [-0.05, 0) is 23.6 Å². The molecule has 0 amide bonds. The number of fused-ring (bicyclic) bond motifs is 1. The molecule has 0 bridgehead atoms. The first-order valence-electron chi connectivity index (χ1n) is 7.82. The second-order valence-electron chi connectivity index (χ2n) is 5.44. The van der Waals surface area contributed by atoms with Gasteiger partial charge >= 0.3 is 0 Å². The molecule has 0 aliphatic carbocycles. The predicted octanol–water partition coefficient (Wildman–Crippen LogP) is 5.77. The molecule has 1 aromatic heterocycles. The largest absolute Gasteiger partial charge is 0.277 e. The van der Waals surface area contributed by atoms with Gasteiger partial charge in [0.2, 0.25) is 0 Å². The van der Waals surface area contributed by atoms with Crippen molar-refractivity contribution in [2.75, 3.05) is 5.43 Å². The molecule has 4 rings (SSSR count). The molecule has 0 aliphatic heterocycles. The van der Waals surface area contributed by atoms with E-state index in [1.807, 2.05) is 36.4 Å². The summed E-state index contributed by atoms with van der Waals surface area (Å²) in [5.74, 6) is 0. The molecule has 0 aliphatic rings. The average Bonchev–Trinajstić information content (AvgIpc) is 3.13. The molecule has 2 nitrogen and oxygen atoms in total. The van der Waals surface area contributed by atoms with Crippen molar-refractivity contribution >= 4 is 32.8 Å². The molecule has 116 valence electrons. The van der Waals surface area contributed by atoms with Crippen LogP contribution in [-0.4, -0.2) is 5.71 Å². The van der Waals surface area contributed by atoms with E-state index in [0.717, 1.165) is 22.5 Å². The van der Waals surface area contributed by atoms with E-state index < -0.39 is 0 Å². The standard InChI is InChI=1S/C21H16N2S/c1-3-8-16(9-4-1)21(17-10-5-2-6-11-17)23-22-19-12-7-13-20-18(19)14-15-24-20/h1-15,22H. The number of benzene rings is 3. The molecule has 24 heavy (non-hydrogen) atoms. The fraction of sp³-hybridized carbons (Fsp3) is 0. The van der Waals surface area contributed by atoms with Gasteiger partial charge in [-0.1, -0.05) is 66.7 Å². The molecule has 4 aromatic rings. The van der Waals surface area contributed by atoms with Crippen LogP contribution in [0.4, 0.5) is 5.69 Å². The van der Waals surface area contributed by atoms with Crippen molar-refractivity contribution in [1.29, 1.82) is 0 Å². The quantitative estimate of drug-likeness (QED) is 0.373. The Morgan fingerprint density at radius 3 is 2.04 bits per heavy atom. The van der Waals surface area contributed by atoms with Crippen LogP contribution in [0.25, 0.3) is 10.1 Å². The third-order valence-corrected chi connectivity index (χ3v) is 4.76. The van der Waals surface area contributed by atoms with E-state index in [4.69, 9.17) is 5.10 Å². The van der Waals surface area contributed by atoms with E-state index in [1.54, 1.807) is 11.3 Å². The average molecular weight is 328 g/mol. The predicted molar refractivity (Wildman–Crippen MR) is 104 cm³/mol. The van der Waals surface area contributed by atoms with Crippen molar-refractivity contribution < 1.29 is 0 Å². The highest BCUT2D eigenvalue weighted by molar-refractivity contribution is 7.17. The van der Waals surface area contributed by atoms with Gasteiger partial charge in [0, 0.05) is 21.2 Å². The molecule has 1 N–H and O–H groups in total. The summed E-state index contributed by atoms with van der Waals surface area (Å²) in [6.07, 6.45) is 0. The number of anilines is 1. The summed E-state index contributed by atoms with van der Waals surface area (Å²) in [6, 6.07) is 28.9. The smallest absolute Gasteiger partial charge is 0.0977 e. The summed E-state index contributed by atoms with van der Waals surface area (Å²) in [6.45, 7) is 0. The third-order valence-electron chi connectivity index (χ3n) is 3.88. The first-order valence-corrected chi connectivity index (χ1v) is 8.70. The first-order chi connectivity index (χ1) is 11.9. The van der Waals surface area contributed by atoms with E-state index in [9.17, 15) is 0 Å². The van der Waals surface area contributed by atoms with Crippen LogP contribution in [0, 0.1) is 0 Å². The second-order valence-corrected chi connectivity index (χ2v) is 6.39. The molecular weight excluding hydrogens is 312 g/mol. The minimum absolute atomic E-state index is 0.934. The Balaban J connectivity index is 1.76. The van der Waals surface area contributed by atoms with Gasteiger partial charge in [0.25, 0.3) is 0 Å². The summed E-state index contributed by atoms with van der Waals surface area (Å²) in [4.78, 5) is 0. The van der Waals surface area contributed by atoms with Crippen LogP contribution in [0.15, 0.2) is 95.4 Å². The van der Waals surface area contributed by atoms with Crippen LogP contribution >= 0.6 is 11.3 Å². The lowest BCUT2D eigenvalue weighted by Gasteiger charge is -2.09. The third kappa shape index (κ3) is 2.94. The van der Waals surface area contributed by atoms with Crippen LogP contribution in [0.1, 0.15) is 11.1 Å². The van der Waals surface area contributed by atoms with Crippen molar-refractivity contribution in [2.24, 2.45) is 5.10 Å². The maximum Gasteiger partial charge on any atom is 0.0977 e. The Labute approximate surface area is 145 Å². The van der Waals surface area contributed by atoms with Gasteiger partial charge in [-0.2, -0.15) is 5.10 Å². The van der Waals surface area contributed by atoms with Gasteiger partial charge in [-0.15, -0.1) is 11.3 Å². The number of nitrogens with zero attached hydrogens (tertiary/aromatic N) is 1. The molecule has 0 atom stereocenters. The normalized spacial score (nSPS) is 10.5. The maximum absolute atomic E-state index is 4.74. The number of hydrogen-bond acceptors (Lipinski definition) is 3. The van der Waals surface area contributed by atoms with Crippen molar-refractivity contribution in [3.8, 4) is 0 Å². The van der Waals surface area contributed by atoms with Crippen molar-refractivity contribution in [3.63, 3.8) is 0 Å². The number of rotatable bonds is 4. The van der Waals surface area contributed by atoms with Gasteiger partial charge in [0.15, 0.2) is 0 Å². The summed E-state index contributed by atoms with van der Waals surface area (Å²) in [5.41, 5.74) is 7.41. The summed E-state index contributed by atoms with van der Waals surface area (Å²) in [7, 11) is 0. The minimum Gasteiger partial charge on any atom is -0.277 e. The molecule has 0 saturated carbocycles. The van der Waals surface area contributed by atoms with Crippen LogP contribution < -0.4 is 5.43 Å². The Hall–Kier alpha value is -2.91. The topological polar surface area (TPSA) is 24.4 Å². The minimum atomic E-state index is 0.934. The zero-order valence-corrected chi connectivity index (χ0v) is 13.8. The zero-order chi connectivity index (χ0) is 16.2. The van der Waals surface area contributed by atoms with Crippen molar-refractivity contribution in [2.45, 2.75) is 0 Å². The highest BCUT2D eigenvalue weighted by atomic mass is 32.1. The lowest BCUT2D eigenvalue weighted by molar-refractivity contribution is 1.34. The number of hydrazone groups is 1. The van der Waals surface area contributed by atoms with Gasteiger partial charge in [0.1, 0.15) is 0 Å². The Bertz CT molecular complexity index is 931. The molecule has 0 saturated heterocycles. The lowest BCUT2D eigenvalue weighted by Crippen LogP contribution is -2.06. The Kier molecular flexibility index (Phi) is 4.09. The molecule has 3 aromatic carbocycles. The zero-order valence-electron chi connectivity index (χ0n) is 13.0. The molecule has 0 unspecified atom stereocenters. The SMILES string of the molecule is c1ccc(C(=NNc2cccc3sccc23)c2ccccc2)cc1. The number of hydrogen-bond donors (Lipinski definition) is 1. The Morgan fingerprint density at radius 1 is 0.708 bits per heavy atom. The highest BCUT2D eigenvalue weighted by Crippen LogP contribution is 2.28. The molecule has 1 heterocycles. The second kappa shape index (κ2) is 6.69. The van der Waals surface area contributed by atoms with E-state index in [-0.39, 0.29) is 0 Å². The fourth-order valence-electron chi connectivity index (χ4n) is 2.70. The van der Waals surface area contributed by atoms with Crippen molar-refractivity contribution in [3.05, 3.63) is 101 Å². The van der Waals surface area contributed by atoms with Gasteiger partial charge in [-0.3, -0.25) is 5.43 Å². The molecule has 0 spiro atoms. The highest BCUT2D eigenvalue weighted by Gasteiger charge is 2.07. The van der Waals surface area contributed by atoms with Crippen LogP contribution in [-0.2, 0) is 0 Å². The van der Waals surface area contributed by atoms with Crippen LogP contribution in [0.3, 0.4) is 0 Å². The maximum atomic E-state index is 4.74. The Morgan fingerprint density at radius 2 is 1.38 bits per heavy atom. The van der Waals surface area contributed by atoms with Crippen LogP contribution in [0.2, 0.25) is 0 Å². The summed E-state index contributed by atoms with van der Waals surface area (Å²) < 4.78 is 1.26. The van der Waals surface area contributed by atoms with Gasteiger partial charge in [-0.25, -0.2) is 0 Å². The number of nitrogens with one attached hydrogen (secondary N) is 1. The monoisotopic (exact) mass is 328 g/mol. The molecule has 3 heteroatoms. The van der Waals surface area contributed by atoms with Crippen LogP contribution in [0.5, 0.6) is 0 Å². The van der Waals surface area contributed by atoms with Gasteiger partial charge in [0.05, 0.1) is 11.4 Å². The molecule has 0 fully saturated rings. The molecular formula is C21H16N2S. The van der Waals surface area contributed by atoms with Crippen molar-refractivity contribution in [1.82, 2.24) is 0 Å². The summed E-state index contributed by atoms with van der Waals surface area (Å²) >= 11 is 1.74. The van der Waals surface area contributed by atoms with E-state index in [1.165, 1.54) is 10.1 Å². The van der Waals surface area contributed by atoms with E-state index in [2.05, 4.69) is 59.3 Å². The van der Waals surface area contributed by atoms with E-state index >= 15 is 0 Å². The fourth-order valence-corrected chi connectivity index (χ4v) is 3.51. The van der Waals surface area contributed by atoms with E-state index in [0.29, 0.717) is 0 Å². The summed E-state index contributed by atoms with van der Waals surface area (Å²) in [5, 5.41) is 8.04. The first kappa shape index (κ1) is 14.7. The lowest BCUT2D eigenvalue weighted by atomic mass is 10.0.